The topological polar surface area (TPSA) is 47.3 Å². The van der Waals surface area contributed by atoms with E-state index in [9.17, 15) is 0 Å². The Morgan fingerprint density at radius 2 is 2.33 bits per heavy atom. The average Bonchev–Trinajstić information content (AvgIpc) is 2.43. The second-order valence-corrected chi connectivity index (χ2v) is 2.58. The number of nitrogens with one attached hydrogen (secondary N) is 1. The quantitative estimate of drug-likeness (QED) is 0.724. The first-order valence-corrected chi connectivity index (χ1v) is 3.93. The maximum absolute atomic E-state index is 5.03. The molecule has 0 radical (unpaired) electrons. The van der Waals surface area contributed by atoms with Crippen LogP contribution in [0.3, 0.4) is 0 Å². The number of ether oxygens (including phenoxy) is 1. The van der Waals surface area contributed by atoms with E-state index in [1.54, 1.807) is 7.11 Å². The summed E-state index contributed by atoms with van der Waals surface area (Å²) in [7, 11) is 3.51. The maximum Gasteiger partial charge on any atom is 0.257 e. The van der Waals surface area contributed by atoms with Gasteiger partial charge in [0.05, 0.1) is 12.7 Å². The third-order valence-electron chi connectivity index (χ3n) is 1.77. The van der Waals surface area contributed by atoms with Gasteiger partial charge in [0.2, 0.25) is 0 Å². The summed E-state index contributed by atoms with van der Waals surface area (Å²) in [6.07, 6.45) is 0.884. The third-order valence-corrected chi connectivity index (χ3v) is 1.77. The highest BCUT2D eigenvalue weighted by atomic mass is 16.5. The van der Waals surface area contributed by atoms with Gasteiger partial charge in [0.1, 0.15) is 5.76 Å². The molecule has 1 heterocycles. The van der Waals surface area contributed by atoms with Crippen molar-refractivity contribution in [3.8, 4) is 5.88 Å². The molecule has 1 N–H and O–H groups in total. The Bertz CT molecular complexity index is 245. The molecule has 0 aliphatic carbocycles. The van der Waals surface area contributed by atoms with Gasteiger partial charge in [0.15, 0.2) is 0 Å². The van der Waals surface area contributed by atoms with Crippen molar-refractivity contribution in [1.29, 1.82) is 0 Å². The molecular formula is C8H14N2O2. The number of methoxy groups -OCH3 is 1. The summed E-state index contributed by atoms with van der Waals surface area (Å²) in [6.45, 7) is 2.79. The number of hydrogen-bond acceptors (Lipinski definition) is 4. The molecule has 1 aromatic rings. The van der Waals surface area contributed by atoms with Gasteiger partial charge in [-0.1, -0.05) is 0 Å². The molecule has 0 saturated carbocycles. The summed E-state index contributed by atoms with van der Waals surface area (Å²) >= 11 is 0. The van der Waals surface area contributed by atoms with Gasteiger partial charge in [-0.25, -0.2) is 0 Å². The van der Waals surface area contributed by atoms with Crippen molar-refractivity contribution in [3.05, 3.63) is 11.3 Å². The zero-order valence-corrected chi connectivity index (χ0v) is 7.68. The first-order chi connectivity index (χ1) is 5.79. The molecule has 0 saturated heterocycles. The molecule has 0 atom stereocenters. The van der Waals surface area contributed by atoms with Crippen LogP contribution in [0.1, 0.15) is 11.3 Å². The van der Waals surface area contributed by atoms with Crippen molar-refractivity contribution >= 4 is 0 Å². The Hall–Kier alpha value is -1.03. The smallest absolute Gasteiger partial charge is 0.257 e. The fourth-order valence-electron chi connectivity index (χ4n) is 1.06. The van der Waals surface area contributed by atoms with Crippen LogP contribution in [0.25, 0.3) is 0 Å². The van der Waals surface area contributed by atoms with Gasteiger partial charge in [-0.3, -0.25) is 0 Å². The van der Waals surface area contributed by atoms with Crippen LogP contribution in [0.15, 0.2) is 4.52 Å². The van der Waals surface area contributed by atoms with Gasteiger partial charge in [0, 0.05) is 0 Å². The first kappa shape index (κ1) is 9.06. The molecule has 0 spiro atoms. The third kappa shape index (κ3) is 1.76. The van der Waals surface area contributed by atoms with Gasteiger partial charge in [-0.2, -0.15) is 0 Å². The summed E-state index contributed by atoms with van der Waals surface area (Å²) in [5.74, 6) is 1.44. The van der Waals surface area contributed by atoms with E-state index in [4.69, 9.17) is 9.26 Å². The van der Waals surface area contributed by atoms with Crippen molar-refractivity contribution in [1.82, 2.24) is 10.5 Å². The van der Waals surface area contributed by atoms with E-state index in [-0.39, 0.29) is 0 Å². The van der Waals surface area contributed by atoms with Gasteiger partial charge in [0.25, 0.3) is 5.88 Å². The molecule has 68 valence electrons. The molecular weight excluding hydrogens is 156 g/mol. The minimum absolute atomic E-state index is 0.600. The lowest BCUT2D eigenvalue weighted by Gasteiger charge is -1.99. The predicted molar refractivity (Wildman–Crippen MR) is 45.4 cm³/mol. The fourth-order valence-corrected chi connectivity index (χ4v) is 1.06. The number of aromatic nitrogens is 1. The molecule has 1 aromatic heterocycles. The number of likely N-dealkylation sites (N-methyl/N-ethyl adjacent to an activating group) is 1. The van der Waals surface area contributed by atoms with E-state index in [0.29, 0.717) is 5.88 Å². The molecule has 1 rings (SSSR count). The van der Waals surface area contributed by atoms with Gasteiger partial charge in [-0.15, -0.1) is 0 Å². The summed E-state index contributed by atoms with van der Waals surface area (Å²) in [5.41, 5.74) is 1.05. The van der Waals surface area contributed by atoms with Crippen LogP contribution in [0.2, 0.25) is 0 Å². The molecule has 0 unspecified atom stereocenters. The van der Waals surface area contributed by atoms with E-state index >= 15 is 0 Å². The van der Waals surface area contributed by atoms with Crippen molar-refractivity contribution in [2.45, 2.75) is 13.3 Å². The SMILES string of the molecule is CNCCc1c(OC)noc1C. The molecule has 0 fully saturated rings. The molecule has 12 heavy (non-hydrogen) atoms. The Morgan fingerprint density at radius 3 is 2.92 bits per heavy atom. The van der Waals surface area contributed by atoms with E-state index in [0.717, 1.165) is 24.3 Å². The zero-order chi connectivity index (χ0) is 8.97. The Labute approximate surface area is 71.9 Å². The van der Waals surface area contributed by atoms with Crippen molar-refractivity contribution < 1.29 is 9.26 Å². The normalized spacial score (nSPS) is 10.2. The molecule has 4 heteroatoms. The molecule has 0 bridgehead atoms. The lowest BCUT2D eigenvalue weighted by Crippen LogP contribution is -2.10. The molecule has 4 nitrogen and oxygen atoms in total. The van der Waals surface area contributed by atoms with Gasteiger partial charge in [-0.05, 0) is 32.1 Å². The fraction of sp³-hybridized carbons (Fsp3) is 0.625. The number of rotatable bonds is 4. The predicted octanol–water partition coefficient (Wildman–Crippen LogP) is 0.754. The minimum atomic E-state index is 0.600. The second kappa shape index (κ2) is 4.11. The van der Waals surface area contributed by atoms with Crippen LogP contribution in [0.5, 0.6) is 5.88 Å². The van der Waals surface area contributed by atoms with E-state index in [1.165, 1.54) is 0 Å². The number of aryl methyl sites for hydroxylation is 1. The Balaban J connectivity index is 2.72. The van der Waals surface area contributed by atoms with Crippen molar-refractivity contribution in [2.75, 3.05) is 20.7 Å². The lowest BCUT2D eigenvalue weighted by atomic mass is 10.2. The highest BCUT2D eigenvalue weighted by Gasteiger charge is 2.11. The molecule has 0 amide bonds. The molecule has 0 aliphatic rings. The number of nitrogens with zero attached hydrogens (tertiary/aromatic N) is 1. The standard InChI is InChI=1S/C8H14N2O2/c1-6-7(4-5-9-2)8(11-3)10-12-6/h9H,4-5H2,1-3H3. The second-order valence-electron chi connectivity index (χ2n) is 2.58. The Kier molecular flexibility index (Phi) is 3.10. The zero-order valence-electron chi connectivity index (χ0n) is 7.68. The van der Waals surface area contributed by atoms with Crippen LogP contribution in [0, 0.1) is 6.92 Å². The molecule has 0 aliphatic heterocycles. The van der Waals surface area contributed by atoms with Crippen LogP contribution in [0.4, 0.5) is 0 Å². The van der Waals surface area contributed by atoms with Crippen LogP contribution in [-0.4, -0.2) is 25.9 Å². The summed E-state index contributed by atoms with van der Waals surface area (Å²) in [6, 6.07) is 0. The monoisotopic (exact) mass is 170 g/mol. The largest absolute Gasteiger partial charge is 0.479 e. The van der Waals surface area contributed by atoms with Gasteiger partial charge >= 0.3 is 0 Å². The minimum Gasteiger partial charge on any atom is -0.479 e. The highest BCUT2D eigenvalue weighted by molar-refractivity contribution is 5.27. The number of hydrogen-bond donors (Lipinski definition) is 1. The lowest BCUT2D eigenvalue weighted by molar-refractivity contribution is 0.331. The summed E-state index contributed by atoms with van der Waals surface area (Å²) in [4.78, 5) is 0. The average molecular weight is 170 g/mol. The summed E-state index contributed by atoms with van der Waals surface area (Å²) in [5, 5.41) is 6.82. The van der Waals surface area contributed by atoms with Gasteiger partial charge < -0.3 is 14.6 Å². The van der Waals surface area contributed by atoms with Crippen LogP contribution >= 0.6 is 0 Å². The van der Waals surface area contributed by atoms with Crippen LogP contribution < -0.4 is 10.1 Å². The Morgan fingerprint density at radius 1 is 1.58 bits per heavy atom. The van der Waals surface area contributed by atoms with Crippen molar-refractivity contribution in [2.24, 2.45) is 0 Å². The molecule has 0 aromatic carbocycles. The van der Waals surface area contributed by atoms with Crippen molar-refractivity contribution in [3.63, 3.8) is 0 Å². The van der Waals surface area contributed by atoms with E-state index in [1.807, 2.05) is 14.0 Å². The van der Waals surface area contributed by atoms with E-state index in [2.05, 4.69) is 10.5 Å². The maximum atomic E-state index is 5.03. The summed E-state index contributed by atoms with van der Waals surface area (Å²) < 4.78 is 10.0. The van der Waals surface area contributed by atoms with E-state index < -0.39 is 0 Å². The first-order valence-electron chi connectivity index (χ1n) is 3.93. The van der Waals surface area contributed by atoms with Crippen LogP contribution in [-0.2, 0) is 6.42 Å². The highest BCUT2D eigenvalue weighted by Crippen LogP contribution is 2.20.